The van der Waals surface area contributed by atoms with Gasteiger partial charge in [0.05, 0.1) is 14.2 Å². The van der Waals surface area contributed by atoms with E-state index in [2.05, 4.69) is 32.3 Å². The molecule has 1 saturated carbocycles. The number of allylic oxidation sites excluding steroid dienone is 3. The normalized spacial score (nSPS) is 23.6. The third-order valence-electron chi connectivity index (χ3n) is 4.50. The van der Waals surface area contributed by atoms with E-state index in [1.165, 1.54) is 19.8 Å². The molecule has 24 heavy (non-hydrogen) atoms. The van der Waals surface area contributed by atoms with Gasteiger partial charge in [-0.25, -0.2) is 9.59 Å². The van der Waals surface area contributed by atoms with Crippen LogP contribution in [0.25, 0.3) is 0 Å². The molecule has 2 atom stereocenters. The molecule has 1 aromatic rings. The van der Waals surface area contributed by atoms with Crippen LogP contribution in [0.5, 0.6) is 0 Å². The highest BCUT2D eigenvalue weighted by Gasteiger charge is 2.51. The second kappa shape index (κ2) is 6.39. The van der Waals surface area contributed by atoms with E-state index in [9.17, 15) is 9.59 Å². The first-order valence-corrected chi connectivity index (χ1v) is 7.74. The van der Waals surface area contributed by atoms with Gasteiger partial charge in [0.25, 0.3) is 0 Å². The van der Waals surface area contributed by atoms with E-state index in [-0.39, 0.29) is 5.41 Å². The Labute approximate surface area is 140 Å². The van der Waals surface area contributed by atoms with Gasteiger partial charge in [-0.3, -0.25) is 10.6 Å². The van der Waals surface area contributed by atoms with E-state index >= 15 is 0 Å². The summed E-state index contributed by atoms with van der Waals surface area (Å²) in [4.78, 5) is 22.4. The van der Waals surface area contributed by atoms with Crippen molar-refractivity contribution in [1.29, 1.82) is 0 Å². The van der Waals surface area contributed by atoms with Crippen LogP contribution >= 0.6 is 0 Å². The van der Waals surface area contributed by atoms with Crippen molar-refractivity contribution in [1.82, 2.24) is 5.32 Å². The Morgan fingerprint density at radius 1 is 1.12 bits per heavy atom. The zero-order chi connectivity index (χ0) is 17.2. The van der Waals surface area contributed by atoms with E-state index in [0.717, 1.165) is 18.5 Å². The Bertz CT molecular complexity index is 708. The van der Waals surface area contributed by atoms with Crippen molar-refractivity contribution < 1.29 is 19.1 Å². The lowest BCUT2D eigenvalue weighted by Crippen LogP contribution is -2.23. The maximum Gasteiger partial charge on any atom is 0.411 e. The zero-order valence-electron chi connectivity index (χ0n) is 13.7. The van der Waals surface area contributed by atoms with Crippen LogP contribution in [0.4, 0.5) is 15.3 Å². The molecule has 0 spiro atoms. The average molecular weight is 328 g/mol. The monoisotopic (exact) mass is 328 g/mol. The number of hydrogen-bond donors (Lipinski definition) is 2. The molecule has 1 aromatic carbocycles. The minimum atomic E-state index is -0.477. The fourth-order valence-corrected chi connectivity index (χ4v) is 3.06. The standard InChI is InChI=1S/C18H20N2O4/c1-23-16(21)19-14-5-3-12(4-6-14)10-18-8-7-15(9-13(18)11-18)20-17(22)24-2/h3-9,13H,10-11H2,1-2H3,(H,19,21)(H,20,22). The molecule has 6 heteroatoms. The van der Waals surface area contributed by atoms with Crippen LogP contribution in [0.2, 0.25) is 0 Å². The lowest BCUT2D eigenvalue weighted by molar-refractivity contribution is 0.174. The van der Waals surface area contributed by atoms with Gasteiger partial charge in [-0.15, -0.1) is 0 Å². The summed E-state index contributed by atoms with van der Waals surface area (Å²) in [6, 6.07) is 7.75. The van der Waals surface area contributed by atoms with Crippen molar-refractivity contribution in [2.24, 2.45) is 11.3 Å². The third-order valence-corrected chi connectivity index (χ3v) is 4.50. The Hall–Kier alpha value is -2.76. The van der Waals surface area contributed by atoms with E-state index in [1.54, 1.807) is 0 Å². The molecule has 126 valence electrons. The van der Waals surface area contributed by atoms with E-state index in [1.807, 2.05) is 30.3 Å². The summed E-state index contributed by atoms with van der Waals surface area (Å²) >= 11 is 0. The van der Waals surface area contributed by atoms with Gasteiger partial charge >= 0.3 is 12.2 Å². The number of carbonyl (C=O) groups excluding carboxylic acids is 2. The number of benzene rings is 1. The van der Waals surface area contributed by atoms with Crippen LogP contribution in [-0.4, -0.2) is 26.4 Å². The van der Waals surface area contributed by atoms with E-state index in [0.29, 0.717) is 11.6 Å². The molecule has 0 aromatic heterocycles. The first-order chi connectivity index (χ1) is 11.5. The summed E-state index contributed by atoms with van der Waals surface area (Å²) in [6.07, 6.45) is 7.26. The smallest absolute Gasteiger partial charge is 0.411 e. The topological polar surface area (TPSA) is 76.7 Å². The first-order valence-electron chi connectivity index (χ1n) is 7.74. The summed E-state index contributed by atoms with van der Waals surface area (Å²) in [5.74, 6) is 0.433. The molecule has 2 aliphatic rings. The Morgan fingerprint density at radius 2 is 1.79 bits per heavy atom. The van der Waals surface area contributed by atoms with Gasteiger partial charge in [0.1, 0.15) is 0 Å². The Kier molecular flexibility index (Phi) is 4.29. The predicted molar refractivity (Wildman–Crippen MR) is 89.5 cm³/mol. The van der Waals surface area contributed by atoms with Gasteiger partial charge in [-0.1, -0.05) is 24.3 Å². The van der Waals surface area contributed by atoms with Crippen molar-refractivity contribution in [2.75, 3.05) is 19.5 Å². The van der Waals surface area contributed by atoms with Crippen molar-refractivity contribution in [3.8, 4) is 0 Å². The quantitative estimate of drug-likeness (QED) is 0.890. The van der Waals surface area contributed by atoms with Gasteiger partial charge in [0.2, 0.25) is 0 Å². The van der Waals surface area contributed by atoms with Crippen LogP contribution in [-0.2, 0) is 15.9 Å². The van der Waals surface area contributed by atoms with Crippen molar-refractivity contribution >= 4 is 17.9 Å². The highest BCUT2D eigenvalue weighted by Crippen LogP contribution is 2.58. The highest BCUT2D eigenvalue weighted by atomic mass is 16.5. The SMILES string of the molecule is COC(=O)NC1=CC2CC2(Cc2ccc(NC(=O)OC)cc2)C=C1. The summed E-state index contributed by atoms with van der Waals surface area (Å²) in [6.45, 7) is 0. The fraction of sp³-hybridized carbons (Fsp3) is 0.333. The molecule has 0 saturated heterocycles. The van der Waals surface area contributed by atoms with Crippen LogP contribution in [0, 0.1) is 11.3 Å². The number of carbonyl (C=O) groups is 2. The van der Waals surface area contributed by atoms with Gasteiger partial charge in [0.15, 0.2) is 0 Å². The van der Waals surface area contributed by atoms with Gasteiger partial charge in [0, 0.05) is 11.4 Å². The molecule has 3 rings (SSSR count). The van der Waals surface area contributed by atoms with Crippen molar-refractivity contribution in [3.05, 3.63) is 53.8 Å². The minimum Gasteiger partial charge on any atom is -0.453 e. The number of anilines is 1. The first kappa shape index (κ1) is 16.1. The number of rotatable bonds is 4. The van der Waals surface area contributed by atoms with Crippen LogP contribution < -0.4 is 10.6 Å². The molecule has 0 aliphatic heterocycles. The maximum atomic E-state index is 11.3. The number of ether oxygens (including phenoxy) is 2. The molecule has 0 heterocycles. The summed E-state index contributed by atoms with van der Waals surface area (Å²) in [7, 11) is 2.69. The third kappa shape index (κ3) is 3.42. The second-order valence-electron chi connectivity index (χ2n) is 6.11. The zero-order valence-corrected chi connectivity index (χ0v) is 13.7. The molecule has 6 nitrogen and oxygen atoms in total. The largest absolute Gasteiger partial charge is 0.453 e. The maximum absolute atomic E-state index is 11.3. The lowest BCUT2D eigenvalue weighted by Gasteiger charge is -2.17. The average Bonchev–Trinajstić information content (AvgIpc) is 3.29. The molecular weight excluding hydrogens is 308 g/mol. The summed E-state index contributed by atoms with van der Waals surface area (Å²) in [5, 5.41) is 5.33. The van der Waals surface area contributed by atoms with Crippen LogP contribution in [0.3, 0.4) is 0 Å². The highest BCUT2D eigenvalue weighted by molar-refractivity contribution is 5.84. The molecule has 1 fully saturated rings. The Morgan fingerprint density at radius 3 is 2.42 bits per heavy atom. The van der Waals surface area contributed by atoms with Gasteiger partial charge in [-0.2, -0.15) is 0 Å². The number of nitrogens with one attached hydrogen (secondary N) is 2. The minimum absolute atomic E-state index is 0.137. The summed E-state index contributed by atoms with van der Waals surface area (Å²) < 4.78 is 9.18. The molecule has 0 bridgehead atoms. The van der Waals surface area contributed by atoms with Gasteiger partial charge in [-0.05, 0) is 47.9 Å². The predicted octanol–water partition coefficient (Wildman–Crippen LogP) is 3.22. The van der Waals surface area contributed by atoms with Crippen molar-refractivity contribution in [3.63, 3.8) is 0 Å². The number of hydrogen-bond acceptors (Lipinski definition) is 4. The van der Waals surface area contributed by atoms with Crippen LogP contribution in [0.1, 0.15) is 12.0 Å². The number of fused-ring (bicyclic) bond motifs is 1. The summed E-state index contributed by atoms with van der Waals surface area (Å²) in [5.41, 5.74) is 2.84. The lowest BCUT2D eigenvalue weighted by atomic mass is 9.90. The van der Waals surface area contributed by atoms with Crippen LogP contribution in [0.15, 0.2) is 48.2 Å². The number of methoxy groups -OCH3 is 2. The van der Waals surface area contributed by atoms with Crippen molar-refractivity contribution in [2.45, 2.75) is 12.8 Å². The Balaban J connectivity index is 1.60. The number of amides is 2. The van der Waals surface area contributed by atoms with E-state index < -0.39 is 12.2 Å². The molecule has 2 N–H and O–H groups in total. The second-order valence-corrected chi connectivity index (χ2v) is 6.11. The number of alkyl carbamates (subject to hydrolysis) is 1. The molecular formula is C18H20N2O4. The molecule has 2 aliphatic carbocycles. The fourth-order valence-electron chi connectivity index (χ4n) is 3.06. The van der Waals surface area contributed by atoms with Gasteiger partial charge < -0.3 is 9.47 Å². The molecule has 0 radical (unpaired) electrons. The molecule has 2 amide bonds. The van der Waals surface area contributed by atoms with E-state index in [4.69, 9.17) is 0 Å². The molecule has 2 unspecified atom stereocenters.